The van der Waals surface area contributed by atoms with Gasteiger partial charge in [0.05, 0.1) is 23.3 Å². The van der Waals surface area contributed by atoms with Crippen LogP contribution in [0.3, 0.4) is 0 Å². The van der Waals surface area contributed by atoms with Crippen LogP contribution in [0.25, 0.3) is 28.4 Å². The Bertz CT molecular complexity index is 1660. The molecule has 0 aliphatic carbocycles. The first-order chi connectivity index (χ1) is 18.0. The van der Waals surface area contributed by atoms with Crippen molar-refractivity contribution in [2.24, 2.45) is 0 Å². The molecule has 0 saturated carbocycles. The maximum Gasteiger partial charge on any atom is 0.229 e. The van der Waals surface area contributed by atoms with Crippen LogP contribution >= 0.6 is 0 Å². The number of anilines is 4. The first kappa shape index (κ1) is 23.3. The highest BCUT2D eigenvalue weighted by Crippen LogP contribution is 2.35. The van der Waals surface area contributed by atoms with Crippen LogP contribution < -0.4 is 10.6 Å². The van der Waals surface area contributed by atoms with Crippen LogP contribution in [-0.2, 0) is 0 Å². The van der Waals surface area contributed by atoms with Gasteiger partial charge in [0.1, 0.15) is 17.2 Å². The van der Waals surface area contributed by atoms with E-state index in [1.54, 1.807) is 24.4 Å². The number of aryl methyl sites for hydroxylation is 2. The average molecular weight is 483 g/mol. The van der Waals surface area contributed by atoms with Gasteiger partial charge in [0.25, 0.3) is 0 Å². The highest BCUT2D eigenvalue weighted by Gasteiger charge is 2.16. The normalized spacial score (nSPS) is 10.8. The third-order valence-electron chi connectivity index (χ3n) is 5.90. The molecule has 0 bridgehead atoms. The van der Waals surface area contributed by atoms with Gasteiger partial charge in [0, 0.05) is 29.0 Å². The highest BCUT2D eigenvalue weighted by molar-refractivity contribution is 5.86. The zero-order chi connectivity index (χ0) is 25.8. The van der Waals surface area contributed by atoms with Crippen LogP contribution in [0.4, 0.5) is 23.1 Å². The molecule has 37 heavy (non-hydrogen) atoms. The summed E-state index contributed by atoms with van der Waals surface area (Å²) >= 11 is 0. The number of para-hydroxylation sites is 1. The minimum Gasteiger partial charge on any atom is -0.456 e. The van der Waals surface area contributed by atoms with Crippen molar-refractivity contribution in [3.8, 4) is 23.5 Å². The lowest BCUT2D eigenvalue weighted by molar-refractivity contribution is 0.631. The lowest BCUT2D eigenvalue weighted by Crippen LogP contribution is -2.05. The molecule has 2 aromatic heterocycles. The molecular weight excluding hydrogens is 460 g/mol. The van der Waals surface area contributed by atoms with Gasteiger partial charge in [-0.15, -0.1) is 0 Å². The Labute approximate surface area is 214 Å². The van der Waals surface area contributed by atoms with Crippen molar-refractivity contribution in [1.82, 2.24) is 9.97 Å². The number of nitriles is 2. The average Bonchev–Trinajstić information content (AvgIpc) is 3.34. The SMILES string of the molecule is Cc1cc(/C=C/C#N)cc(C)c1Nc1nc(Nc2ccc(C#N)cc2)ncc1-c1cc2ccccc2o1. The molecule has 0 radical (unpaired) electrons. The summed E-state index contributed by atoms with van der Waals surface area (Å²) in [5, 5.41) is 25.6. The van der Waals surface area contributed by atoms with E-state index in [4.69, 9.17) is 19.9 Å². The molecule has 0 aliphatic heterocycles. The largest absolute Gasteiger partial charge is 0.456 e. The Hall–Kier alpha value is -5.40. The van der Waals surface area contributed by atoms with Gasteiger partial charge in [-0.05, 0) is 85.1 Å². The minimum absolute atomic E-state index is 0.399. The Morgan fingerprint density at radius 1 is 0.919 bits per heavy atom. The fourth-order valence-corrected chi connectivity index (χ4v) is 4.13. The van der Waals surface area contributed by atoms with E-state index in [2.05, 4.69) is 21.7 Å². The van der Waals surface area contributed by atoms with E-state index in [0.29, 0.717) is 28.7 Å². The molecule has 0 fully saturated rings. The first-order valence-electron chi connectivity index (χ1n) is 11.6. The zero-order valence-corrected chi connectivity index (χ0v) is 20.3. The van der Waals surface area contributed by atoms with Gasteiger partial charge >= 0.3 is 0 Å². The maximum absolute atomic E-state index is 9.06. The summed E-state index contributed by atoms with van der Waals surface area (Å²) in [6, 6.07) is 25.1. The van der Waals surface area contributed by atoms with Gasteiger partial charge < -0.3 is 15.1 Å². The second-order valence-electron chi connectivity index (χ2n) is 8.54. The topological polar surface area (TPSA) is 111 Å². The molecule has 2 N–H and O–H groups in total. The standard InChI is InChI=1S/C30H22N6O/c1-19-14-22(6-5-13-31)15-20(2)28(19)35-29-25(27-16-23-7-3-4-8-26(23)37-27)18-33-30(36-29)34-24-11-9-21(17-32)10-12-24/h3-12,14-16,18H,1-2H3,(H2,33,34,35,36)/b6-5+. The fourth-order valence-electron chi connectivity index (χ4n) is 4.13. The van der Waals surface area contributed by atoms with Crippen LogP contribution in [0.1, 0.15) is 22.3 Å². The first-order valence-corrected chi connectivity index (χ1v) is 11.6. The number of aromatic nitrogens is 2. The molecule has 2 heterocycles. The van der Waals surface area contributed by atoms with E-state index in [-0.39, 0.29) is 0 Å². The van der Waals surface area contributed by atoms with Crippen LogP contribution in [0.2, 0.25) is 0 Å². The van der Waals surface area contributed by atoms with Gasteiger partial charge in [0.15, 0.2) is 0 Å². The molecule has 3 aromatic carbocycles. The number of furan rings is 1. The van der Waals surface area contributed by atoms with Crippen molar-refractivity contribution in [2.45, 2.75) is 13.8 Å². The molecular formula is C30H22N6O. The smallest absolute Gasteiger partial charge is 0.229 e. The number of benzene rings is 3. The highest BCUT2D eigenvalue weighted by atomic mass is 16.3. The van der Waals surface area contributed by atoms with Crippen molar-refractivity contribution < 1.29 is 4.42 Å². The Morgan fingerprint density at radius 3 is 2.38 bits per heavy atom. The summed E-state index contributed by atoms with van der Waals surface area (Å²) < 4.78 is 6.13. The predicted octanol–water partition coefficient (Wildman–Crippen LogP) is 7.40. The van der Waals surface area contributed by atoms with Gasteiger partial charge in [-0.1, -0.05) is 18.2 Å². The third-order valence-corrected chi connectivity index (χ3v) is 5.90. The number of rotatable bonds is 6. The number of nitrogens with zero attached hydrogens (tertiary/aromatic N) is 4. The van der Waals surface area contributed by atoms with Crippen molar-refractivity contribution in [3.63, 3.8) is 0 Å². The molecule has 7 heteroatoms. The van der Waals surface area contributed by atoms with E-state index in [1.165, 1.54) is 6.08 Å². The summed E-state index contributed by atoms with van der Waals surface area (Å²) in [6.45, 7) is 4.02. The molecule has 0 saturated heterocycles. The number of fused-ring (bicyclic) bond motifs is 1. The van der Waals surface area contributed by atoms with Gasteiger partial charge in [0.2, 0.25) is 5.95 Å². The summed E-state index contributed by atoms with van der Waals surface area (Å²) in [6.07, 6.45) is 4.98. The van der Waals surface area contributed by atoms with Crippen molar-refractivity contribution in [2.75, 3.05) is 10.6 Å². The van der Waals surface area contributed by atoms with Crippen molar-refractivity contribution >= 4 is 40.2 Å². The molecule has 0 unspecified atom stereocenters. The molecule has 178 valence electrons. The molecule has 5 rings (SSSR count). The van der Waals surface area contributed by atoms with Crippen LogP contribution in [-0.4, -0.2) is 9.97 Å². The number of hydrogen-bond donors (Lipinski definition) is 2. The van der Waals surface area contributed by atoms with E-state index in [9.17, 15) is 0 Å². The van der Waals surface area contributed by atoms with Crippen LogP contribution in [0.5, 0.6) is 0 Å². The maximum atomic E-state index is 9.06. The summed E-state index contributed by atoms with van der Waals surface area (Å²) in [5.74, 6) is 1.63. The molecule has 0 aliphatic rings. The second-order valence-corrected chi connectivity index (χ2v) is 8.54. The number of hydrogen-bond acceptors (Lipinski definition) is 7. The lowest BCUT2D eigenvalue weighted by Gasteiger charge is -2.16. The fraction of sp³-hybridized carbons (Fsp3) is 0.0667. The van der Waals surface area contributed by atoms with E-state index >= 15 is 0 Å². The molecule has 0 amide bonds. The van der Waals surface area contributed by atoms with Gasteiger partial charge in [-0.25, -0.2) is 4.98 Å². The van der Waals surface area contributed by atoms with Gasteiger partial charge in [-0.2, -0.15) is 15.5 Å². The summed E-state index contributed by atoms with van der Waals surface area (Å²) in [4.78, 5) is 9.32. The van der Waals surface area contributed by atoms with E-state index < -0.39 is 0 Å². The number of allylic oxidation sites excluding steroid dienone is 1. The minimum atomic E-state index is 0.399. The molecule has 0 spiro atoms. The van der Waals surface area contributed by atoms with Gasteiger partial charge in [-0.3, -0.25) is 0 Å². The predicted molar refractivity (Wildman–Crippen MR) is 146 cm³/mol. The Kier molecular flexibility index (Phi) is 6.35. The Morgan fingerprint density at radius 2 is 1.68 bits per heavy atom. The Balaban J connectivity index is 1.57. The summed E-state index contributed by atoms with van der Waals surface area (Å²) in [5.41, 5.74) is 6.72. The zero-order valence-electron chi connectivity index (χ0n) is 20.3. The molecule has 0 atom stereocenters. The van der Waals surface area contributed by atoms with Crippen molar-refractivity contribution in [1.29, 1.82) is 10.5 Å². The monoisotopic (exact) mass is 482 g/mol. The van der Waals surface area contributed by atoms with Crippen LogP contribution in [0, 0.1) is 36.5 Å². The molecule has 7 nitrogen and oxygen atoms in total. The third kappa shape index (κ3) is 5.02. The summed E-state index contributed by atoms with van der Waals surface area (Å²) in [7, 11) is 0. The van der Waals surface area contributed by atoms with Crippen molar-refractivity contribution in [3.05, 3.63) is 101 Å². The number of nitrogens with one attached hydrogen (secondary N) is 2. The van der Waals surface area contributed by atoms with E-state index in [0.717, 1.165) is 39.0 Å². The van der Waals surface area contributed by atoms with E-state index in [1.807, 2.05) is 74.5 Å². The lowest BCUT2D eigenvalue weighted by atomic mass is 10.0. The van der Waals surface area contributed by atoms with Crippen LogP contribution in [0.15, 0.2) is 83.4 Å². The second kappa shape index (κ2) is 10.1. The molecule has 5 aromatic rings. The quantitative estimate of drug-likeness (QED) is 0.243.